The van der Waals surface area contributed by atoms with Crippen molar-refractivity contribution < 1.29 is 14.4 Å². The van der Waals surface area contributed by atoms with Gasteiger partial charge in [-0.05, 0) is 50.1 Å². The van der Waals surface area contributed by atoms with Gasteiger partial charge in [0, 0.05) is 11.1 Å². The van der Waals surface area contributed by atoms with E-state index in [0.717, 1.165) is 6.42 Å². The number of hydrogen-bond donors (Lipinski definition) is 1. The second kappa shape index (κ2) is 9.78. The Morgan fingerprint density at radius 2 is 1.96 bits per heavy atom. The van der Waals surface area contributed by atoms with E-state index in [-0.39, 0.29) is 18.1 Å². The molecule has 0 aliphatic rings. The Bertz CT molecular complexity index is 493. The van der Waals surface area contributed by atoms with Crippen LogP contribution in [0.15, 0.2) is 24.3 Å². The summed E-state index contributed by atoms with van der Waals surface area (Å²) in [6.45, 7) is 13.7. The average Bonchev–Trinajstić information content (AvgIpc) is 2.42. The Balaban J connectivity index is 2.58. The molecule has 0 fully saturated rings. The van der Waals surface area contributed by atoms with Crippen LogP contribution in [-0.2, 0) is 4.53 Å². The summed E-state index contributed by atoms with van der Waals surface area (Å²) >= 11 is 5.94. The molecule has 0 aromatic heterocycles. The van der Waals surface area contributed by atoms with E-state index >= 15 is 0 Å². The summed E-state index contributed by atoms with van der Waals surface area (Å²) in [6, 6.07) is 7.43. The number of halogens is 1. The molecular weight excluding hydrogens is 342 g/mol. The molecule has 0 bridgehead atoms. The molecule has 0 spiro atoms. The summed E-state index contributed by atoms with van der Waals surface area (Å²) in [5.41, 5.74) is 0.210. The minimum atomic E-state index is -1.24. The second-order valence-corrected chi connectivity index (χ2v) is 10.5. The van der Waals surface area contributed by atoms with Gasteiger partial charge in [0.15, 0.2) is 9.04 Å². The van der Waals surface area contributed by atoms with Crippen molar-refractivity contribution in [2.45, 2.75) is 59.4 Å². The summed E-state index contributed by atoms with van der Waals surface area (Å²) in [7, 11) is -1.24. The molecule has 0 aliphatic carbocycles. The van der Waals surface area contributed by atoms with Gasteiger partial charge in [0.25, 0.3) is 0 Å². The minimum absolute atomic E-state index is 0.210. The van der Waals surface area contributed by atoms with E-state index in [1.54, 1.807) is 12.1 Å². The maximum Gasteiger partial charge on any atom is 0.199 e. The Labute approximate surface area is 153 Å². The monoisotopic (exact) mass is 373 g/mol. The molecule has 0 saturated heterocycles. The van der Waals surface area contributed by atoms with E-state index in [0.29, 0.717) is 17.3 Å². The quantitative estimate of drug-likeness (QED) is 0.522. The van der Waals surface area contributed by atoms with Crippen molar-refractivity contribution in [3.63, 3.8) is 0 Å². The standard InChI is InChI=1S/C18H32ClNO3Si/c1-14(11-18(2,3)4)20(23-24(5)6)12-16(21)13-22-17-9-7-8-15(19)10-17/h7-10,14,16,21,24H,11-13H2,1-6H3/t14-,16-/m0/s1. The molecule has 1 N–H and O–H groups in total. The van der Waals surface area contributed by atoms with Gasteiger partial charge in [-0.3, -0.25) is 0 Å². The van der Waals surface area contributed by atoms with Crippen LogP contribution in [0.2, 0.25) is 18.1 Å². The highest BCUT2D eigenvalue weighted by atomic mass is 35.5. The highest BCUT2D eigenvalue weighted by Crippen LogP contribution is 2.24. The van der Waals surface area contributed by atoms with Gasteiger partial charge in [-0.2, -0.15) is 5.06 Å². The summed E-state index contributed by atoms with van der Waals surface area (Å²) in [4.78, 5) is 0. The Morgan fingerprint density at radius 1 is 1.29 bits per heavy atom. The number of ether oxygens (including phenoxy) is 1. The van der Waals surface area contributed by atoms with E-state index in [1.165, 1.54) is 0 Å². The molecule has 6 heteroatoms. The van der Waals surface area contributed by atoms with Gasteiger partial charge in [-0.1, -0.05) is 38.4 Å². The van der Waals surface area contributed by atoms with Crippen LogP contribution in [0.1, 0.15) is 34.1 Å². The van der Waals surface area contributed by atoms with Gasteiger partial charge in [0.2, 0.25) is 0 Å². The lowest BCUT2D eigenvalue weighted by atomic mass is 9.88. The fourth-order valence-electron chi connectivity index (χ4n) is 2.60. The molecule has 24 heavy (non-hydrogen) atoms. The van der Waals surface area contributed by atoms with E-state index in [4.69, 9.17) is 20.9 Å². The fourth-order valence-corrected chi connectivity index (χ4v) is 3.61. The van der Waals surface area contributed by atoms with Crippen molar-refractivity contribution in [1.29, 1.82) is 0 Å². The maximum atomic E-state index is 10.3. The zero-order valence-corrected chi connectivity index (χ0v) is 17.7. The number of hydrogen-bond acceptors (Lipinski definition) is 4. The summed E-state index contributed by atoms with van der Waals surface area (Å²) in [5, 5.41) is 12.9. The third-order valence-corrected chi connectivity index (χ3v) is 4.30. The maximum absolute atomic E-state index is 10.3. The normalized spacial score (nSPS) is 14.9. The third-order valence-electron chi connectivity index (χ3n) is 3.37. The number of nitrogens with zero attached hydrogens (tertiary/aromatic N) is 1. The molecule has 0 radical (unpaired) electrons. The van der Waals surface area contributed by atoms with Crippen LogP contribution in [0.3, 0.4) is 0 Å². The number of benzene rings is 1. The summed E-state index contributed by atoms with van der Waals surface area (Å²) < 4.78 is 11.7. The molecule has 0 saturated carbocycles. The first-order chi connectivity index (χ1) is 11.1. The van der Waals surface area contributed by atoms with Crippen LogP contribution in [-0.4, -0.2) is 44.5 Å². The van der Waals surface area contributed by atoms with Gasteiger partial charge in [-0.15, -0.1) is 0 Å². The van der Waals surface area contributed by atoms with Crippen LogP contribution >= 0.6 is 11.6 Å². The van der Waals surface area contributed by atoms with Crippen molar-refractivity contribution >= 4 is 20.6 Å². The molecule has 0 heterocycles. The van der Waals surface area contributed by atoms with Crippen LogP contribution in [0, 0.1) is 5.41 Å². The summed E-state index contributed by atoms with van der Waals surface area (Å²) in [6.07, 6.45) is 0.370. The van der Waals surface area contributed by atoms with Gasteiger partial charge in [-0.25, -0.2) is 0 Å². The van der Waals surface area contributed by atoms with Gasteiger partial charge in [0.1, 0.15) is 18.5 Å². The predicted molar refractivity (Wildman–Crippen MR) is 103 cm³/mol. The molecule has 1 aromatic carbocycles. The molecule has 4 nitrogen and oxygen atoms in total. The Morgan fingerprint density at radius 3 is 2.50 bits per heavy atom. The Kier molecular flexibility index (Phi) is 8.74. The van der Waals surface area contributed by atoms with E-state index < -0.39 is 15.1 Å². The lowest BCUT2D eigenvalue weighted by Gasteiger charge is -2.35. The fraction of sp³-hybridized carbons (Fsp3) is 0.667. The van der Waals surface area contributed by atoms with Crippen molar-refractivity contribution in [1.82, 2.24) is 5.06 Å². The van der Waals surface area contributed by atoms with Crippen molar-refractivity contribution in [2.24, 2.45) is 5.41 Å². The summed E-state index contributed by atoms with van der Waals surface area (Å²) in [5.74, 6) is 0.662. The van der Waals surface area contributed by atoms with Crippen LogP contribution in [0.4, 0.5) is 0 Å². The smallest absolute Gasteiger partial charge is 0.199 e. The minimum Gasteiger partial charge on any atom is -0.491 e. The number of rotatable bonds is 9. The molecular formula is C18H32ClNO3Si. The van der Waals surface area contributed by atoms with Crippen molar-refractivity contribution in [2.75, 3.05) is 13.2 Å². The zero-order valence-electron chi connectivity index (χ0n) is 15.8. The second-order valence-electron chi connectivity index (χ2n) is 7.79. The lowest BCUT2D eigenvalue weighted by molar-refractivity contribution is -0.127. The van der Waals surface area contributed by atoms with Gasteiger partial charge >= 0.3 is 0 Å². The van der Waals surface area contributed by atoms with E-state index in [9.17, 15) is 5.11 Å². The lowest BCUT2D eigenvalue weighted by Crippen LogP contribution is -2.44. The van der Waals surface area contributed by atoms with Gasteiger partial charge in [0.05, 0.1) is 6.54 Å². The molecule has 0 aliphatic heterocycles. The first-order valence-corrected chi connectivity index (χ1v) is 11.7. The molecule has 138 valence electrons. The highest BCUT2D eigenvalue weighted by Gasteiger charge is 2.24. The van der Waals surface area contributed by atoms with Crippen LogP contribution in [0.25, 0.3) is 0 Å². The zero-order chi connectivity index (χ0) is 18.3. The number of aliphatic hydroxyl groups excluding tert-OH is 1. The van der Waals surface area contributed by atoms with Crippen molar-refractivity contribution in [3.05, 3.63) is 29.3 Å². The highest BCUT2D eigenvalue weighted by molar-refractivity contribution is 6.48. The molecule has 0 unspecified atom stereocenters. The predicted octanol–water partition coefficient (Wildman–Crippen LogP) is 4.12. The molecule has 2 atom stereocenters. The van der Waals surface area contributed by atoms with Crippen LogP contribution < -0.4 is 4.74 Å². The third kappa shape index (κ3) is 9.04. The molecule has 1 aromatic rings. The Hall–Kier alpha value is -0.593. The van der Waals surface area contributed by atoms with Crippen molar-refractivity contribution in [3.8, 4) is 5.75 Å². The topological polar surface area (TPSA) is 41.9 Å². The van der Waals surface area contributed by atoms with E-state index in [2.05, 4.69) is 40.8 Å². The molecule has 0 amide bonds. The first kappa shape index (κ1) is 21.4. The number of hydroxylamine groups is 2. The molecule has 1 rings (SSSR count). The average molecular weight is 374 g/mol. The van der Waals surface area contributed by atoms with Crippen LogP contribution in [0.5, 0.6) is 5.75 Å². The van der Waals surface area contributed by atoms with E-state index in [1.807, 2.05) is 17.2 Å². The largest absolute Gasteiger partial charge is 0.491 e. The first-order valence-electron chi connectivity index (χ1n) is 8.56. The number of aliphatic hydroxyl groups is 1. The SMILES string of the molecule is C[C@@H](CC(C)(C)C)N(C[C@H](O)COc1cccc(Cl)c1)O[SiH](C)C. The van der Waals surface area contributed by atoms with Gasteiger partial charge < -0.3 is 14.4 Å².